The van der Waals surface area contributed by atoms with Gasteiger partial charge in [0, 0.05) is 24.0 Å². The molecule has 194 valence electrons. The molecule has 1 amide bonds. The second-order valence-corrected chi connectivity index (χ2v) is 10.4. The fourth-order valence-corrected chi connectivity index (χ4v) is 5.50. The highest BCUT2D eigenvalue weighted by Crippen LogP contribution is 2.24. The minimum Gasteiger partial charge on any atom is -0.458 e. The average molecular weight is 516 g/mol. The number of unbranched alkanes of at least 4 members (excludes halogenated alkanes) is 3. The molecule has 2 unspecified atom stereocenters. The van der Waals surface area contributed by atoms with Crippen LogP contribution in [0.5, 0.6) is 0 Å². The number of β-lactam (4-membered cyclic amide) rings is 1. The van der Waals surface area contributed by atoms with Crippen LogP contribution < -0.4 is 0 Å². The summed E-state index contributed by atoms with van der Waals surface area (Å²) in [4.78, 5) is 25.5. The van der Waals surface area contributed by atoms with Crippen molar-refractivity contribution in [3.8, 4) is 0 Å². The number of aryl methyl sites for hydroxylation is 1. The van der Waals surface area contributed by atoms with E-state index >= 15 is 0 Å². The molecule has 0 bridgehead atoms. The van der Waals surface area contributed by atoms with Gasteiger partial charge in [-0.2, -0.15) is 0 Å². The number of halogens is 1. The van der Waals surface area contributed by atoms with Crippen LogP contribution in [0.1, 0.15) is 53.6 Å². The fraction of sp³-hybridized carbons (Fsp3) is 0.429. The molecular formula is C28H34FNO5S. The zero-order chi connectivity index (χ0) is 25.8. The van der Waals surface area contributed by atoms with Gasteiger partial charge in [0.15, 0.2) is 0 Å². The summed E-state index contributed by atoms with van der Waals surface area (Å²) >= 11 is 0. The molecule has 1 fully saturated rings. The van der Waals surface area contributed by atoms with E-state index in [-0.39, 0.29) is 30.1 Å². The summed E-state index contributed by atoms with van der Waals surface area (Å²) in [5.74, 6) is -0.320. The van der Waals surface area contributed by atoms with Crippen molar-refractivity contribution in [1.29, 1.82) is 0 Å². The highest BCUT2D eigenvalue weighted by Gasteiger charge is 2.39. The molecule has 1 aliphatic heterocycles. The fourth-order valence-electron chi connectivity index (χ4n) is 3.95. The maximum atomic E-state index is 12.9. The number of benzene rings is 2. The molecular weight excluding hydrogens is 481 g/mol. The van der Waals surface area contributed by atoms with Crippen molar-refractivity contribution >= 4 is 22.7 Å². The van der Waals surface area contributed by atoms with Crippen molar-refractivity contribution < 1.29 is 27.7 Å². The third kappa shape index (κ3) is 8.68. The van der Waals surface area contributed by atoms with Crippen LogP contribution in [0.4, 0.5) is 4.39 Å². The molecule has 3 rings (SSSR count). The van der Waals surface area contributed by atoms with E-state index in [2.05, 4.69) is 6.58 Å². The second kappa shape index (κ2) is 14.7. The Morgan fingerprint density at radius 1 is 1.03 bits per heavy atom. The van der Waals surface area contributed by atoms with Crippen LogP contribution in [0.2, 0.25) is 0 Å². The lowest BCUT2D eigenvalue weighted by Crippen LogP contribution is -2.55. The molecule has 0 N–H and O–H groups in total. The second-order valence-electron chi connectivity index (χ2n) is 8.76. The highest BCUT2D eigenvalue weighted by atomic mass is 32.2. The van der Waals surface area contributed by atoms with Crippen LogP contribution in [0, 0.1) is 5.82 Å². The van der Waals surface area contributed by atoms with Gasteiger partial charge in [-0.05, 0) is 54.7 Å². The van der Waals surface area contributed by atoms with Crippen molar-refractivity contribution in [2.75, 3.05) is 26.4 Å². The molecule has 0 aliphatic carbocycles. The van der Waals surface area contributed by atoms with Crippen LogP contribution in [0.25, 0.3) is 0 Å². The van der Waals surface area contributed by atoms with Gasteiger partial charge < -0.3 is 14.4 Å². The lowest BCUT2D eigenvalue weighted by molar-refractivity contribution is -0.142. The van der Waals surface area contributed by atoms with E-state index in [9.17, 15) is 18.2 Å². The summed E-state index contributed by atoms with van der Waals surface area (Å²) in [7, 11) is -1.23. The molecule has 1 heterocycles. The Hall–Kier alpha value is -2.84. The van der Waals surface area contributed by atoms with E-state index in [4.69, 9.17) is 9.47 Å². The molecule has 1 saturated heterocycles. The first-order valence-corrected chi connectivity index (χ1v) is 13.7. The molecule has 0 spiro atoms. The predicted octanol–water partition coefficient (Wildman–Crippen LogP) is 4.80. The largest absolute Gasteiger partial charge is 0.458 e. The quantitative estimate of drug-likeness (QED) is 0.139. The van der Waals surface area contributed by atoms with Crippen LogP contribution in [0.15, 0.2) is 61.2 Å². The van der Waals surface area contributed by atoms with Gasteiger partial charge in [-0.1, -0.05) is 49.8 Å². The van der Waals surface area contributed by atoms with Gasteiger partial charge in [-0.15, -0.1) is 0 Å². The molecule has 0 radical (unpaired) electrons. The van der Waals surface area contributed by atoms with E-state index in [0.717, 1.165) is 43.2 Å². The van der Waals surface area contributed by atoms with Crippen molar-refractivity contribution in [2.45, 2.75) is 49.7 Å². The summed E-state index contributed by atoms with van der Waals surface area (Å²) in [6.45, 7) is 5.16. The van der Waals surface area contributed by atoms with E-state index in [1.165, 1.54) is 18.2 Å². The average Bonchev–Trinajstić information content (AvgIpc) is 2.88. The Kier molecular flexibility index (Phi) is 11.3. The van der Waals surface area contributed by atoms with Gasteiger partial charge >= 0.3 is 5.97 Å². The summed E-state index contributed by atoms with van der Waals surface area (Å²) < 4.78 is 36.4. The van der Waals surface area contributed by atoms with Crippen LogP contribution >= 0.6 is 0 Å². The number of likely N-dealkylation sites (tertiary alicyclic amines) is 1. The van der Waals surface area contributed by atoms with Gasteiger partial charge in [0.2, 0.25) is 5.91 Å². The van der Waals surface area contributed by atoms with E-state index in [1.807, 2.05) is 12.1 Å². The number of rotatable bonds is 16. The first kappa shape index (κ1) is 27.7. The van der Waals surface area contributed by atoms with Crippen LogP contribution in [-0.2, 0) is 37.2 Å². The minimum absolute atomic E-state index is 0.00180. The first-order valence-electron chi connectivity index (χ1n) is 12.3. The van der Waals surface area contributed by atoms with Crippen molar-refractivity contribution in [3.05, 3.63) is 83.7 Å². The molecule has 0 saturated carbocycles. The standard InChI is InChI=1S/C28H34FNO5S/c1-2-17-35-28(32)24-12-8-23(9-13-24)21-36(33)27-20-26(31)30(27)16-19-34-18-6-4-3-5-7-22-10-14-25(29)15-11-22/h2,8-15,27H,1,3-7,16-21H2. The molecule has 36 heavy (non-hydrogen) atoms. The maximum absolute atomic E-state index is 12.9. The van der Waals surface area contributed by atoms with E-state index in [1.54, 1.807) is 29.2 Å². The Morgan fingerprint density at radius 3 is 2.42 bits per heavy atom. The number of ether oxygens (including phenoxy) is 2. The minimum atomic E-state index is -1.23. The molecule has 6 nitrogen and oxygen atoms in total. The normalized spacial score (nSPS) is 15.9. The lowest BCUT2D eigenvalue weighted by Gasteiger charge is -2.39. The number of amides is 1. The third-order valence-electron chi connectivity index (χ3n) is 6.05. The number of carbonyl (C=O) groups is 2. The maximum Gasteiger partial charge on any atom is 0.338 e. The molecule has 2 aromatic carbocycles. The SMILES string of the molecule is C=CCOC(=O)c1ccc(CS(=O)C2CC(=O)N2CCOCCCCCCc2ccc(F)cc2)cc1. The monoisotopic (exact) mass is 515 g/mol. The summed E-state index contributed by atoms with van der Waals surface area (Å²) in [6, 6.07) is 13.5. The Bertz CT molecular complexity index is 1030. The Labute approximate surface area is 214 Å². The molecule has 2 aromatic rings. The van der Waals surface area contributed by atoms with Crippen LogP contribution in [0.3, 0.4) is 0 Å². The third-order valence-corrected chi connectivity index (χ3v) is 7.69. The smallest absolute Gasteiger partial charge is 0.338 e. The van der Waals surface area contributed by atoms with Gasteiger partial charge in [0.05, 0.1) is 24.3 Å². The topological polar surface area (TPSA) is 72.9 Å². The van der Waals surface area contributed by atoms with Gasteiger partial charge in [-0.3, -0.25) is 9.00 Å². The van der Waals surface area contributed by atoms with Crippen molar-refractivity contribution in [3.63, 3.8) is 0 Å². The summed E-state index contributed by atoms with van der Waals surface area (Å²) in [6.07, 6.45) is 6.89. The number of hydrogen-bond acceptors (Lipinski definition) is 5. The van der Waals surface area contributed by atoms with E-state index in [0.29, 0.717) is 31.1 Å². The number of carbonyl (C=O) groups excluding carboxylic acids is 2. The van der Waals surface area contributed by atoms with Crippen LogP contribution in [-0.4, -0.2) is 52.7 Å². The molecule has 0 aromatic heterocycles. The lowest BCUT2D eigenvalue weighted by atomic mass is 10.1. The number of esters is 1. The molecule has 2 atom stereocenters. The van der Waals surface area contributed by atoms with Gasteiger partial charge in [0.1, 0.15) is 17.8 Å². The predicted molar refractivity (Wildman–Crippen MR) is 138 cm³/mol. The summed E-state index contributed by atoms with van der Waals surface area (Å²) in [5.41, 5.74) is 2.42. The van der Waals surface area contributed by atoms with Crippen molar-refractivity contribution in [1.82, 2.24) is 4.90 Å². The molecule has 1 aliphatic rings. The Balaban J connectivity index is 1.28. The zero-order valence-corrected chi connectivity index (χ0v) is 21.3. The number of nitrogens with zero attached hydrogens (tertiary/aromatic N) is 1. The summed E-state index contributed by atoms with van der Waals surface area (Å²) in [5, 5.41) is -0.301. The number of hydrogen-bond donors (Lipinski definition) is 0. The zero-order valence-electron chi connectivity index (χ0n) is 20.5. The van der Waals surface area contributed by atoms with Crippen molar-refractivity contribution in [2.24, 2.45) is 0 Å². The highest BCUT2D eigenvalue weighted by molar-refractivity contribution is 7.84. The van der Waals surface area contributed by atoms with Gasteiger partial charge in [0.25, 0.3) is 0 Å². The van der Waals surface area contributed by atoms with E-state index < -0.39 is 16.8 Å². The van der Waals surface area contributed by atoms with Gasteiger partial charge in [-0.25, -0.2) is 9.18 Å². The molecule has 8 heteroatoms. The first-order chi connectivity index (χ1) is 17.5. The Morgan fingerprint density at radius 2 is 1.72 bits per heavy atom.